The van der Waals surface area contributed by atoms with Crippen LogP contribution in [-0.4, -0.2) is 42.4 Å². The number of hydrogen-bond donors (Lipinski definition) is 0. The highest BCUT2D eigenvalue weighted by atomic mass is 28.3. The van der Waals surface area contributed by atoms with Gasteiger partial charge >= 0.3 is 15.5 Å². The van der Waals surface area contributed by atoms with Crippen LogP contribution in [0.5, 0.6) is 0 Å². The average molecular weight is 221 g/mol. The van der Waals surface area contributed by atoms with Gasteiger partial charge in [0.05, 0.1) is 6.61 Å². The van der Waals surface area contributed by atoms with Crippen molar-refractivity contribution in [2.75, 3.05) is 20.8 Å². The molecule has 0 aromatic carbocycles. The van der Waals surface area contributed by atoms with E-state index in [1.807, 2.05) is 6.92 Å². The summed E-state index contributed by atoms with van der Waals surface area (Å²) >= 11 is 0. The molecule has 0 aromatic rings. The molecule has 83 valence electrons. The Morgan fingerprint density at radius 3 is 2.29 bits per heavy atom. The van der Waals surface area contributed by atoms with Crippen LogP contribution >= 0.6 is 0 Å². The smallest absolute Gasteiger partial charge is 0.460 e. The first-order chi connectivity index (χ1) is 6.63. The summed E-state index contributed by atoms with van der Waals surface area (Å²) in [6.07, 6.45) is 0.486. The molecule has 14 heavy (non-hydrogen) atoms. The molecule has 0 heterocycles. The van der Waals surface area contributed by atoms with Crippen LogP contribution in [0.15, 0.2) is 0 Å². The summed E-state index contributed by atoms with van der Waals surface area (Å²) in [5.41, 5.74) is 0. The third kappa shape index (κ3) is 6.09. The maximum atomic E-state index is 10.7. The molecular weight excluding hydrogens is 204 g/mol. The summed E-state index contributed by atoms with van der Waals surface area (Å²) in [7, 11) is 1.38. The SMILES string of the molecule is CCC(CO[Si](OC)OC)OC(C)=O. The first kappa shape index (κ1) is 13.6. The predicted molar refractivity (Wildman–Crippen MR) is 51.6 cm³/mol. The van der Waals surface area contributed by atoms with E-state index >= 15 is 0 Å². The summed E-state index contributed by atoms with van der Waals surface area (Å²) in [6, 6.07) is 0. The third-order valence-electron chi connectivity index (χ3n) is 1.51. The van der Waals surface area contributed by atoms with Gasteiger partial charge in [0.1, 0.15) is 6.10 Å². The molecule has 0 spiro atoms. The molecule has 0 aromatic heterocycles. The van der Waals surface area contributed by atoms with Crippen molar-refractivity contribution in [3.05, 3.63) is 0 Å². The minimum Gasteiger partial charge on any atom is -0.460 e. The minimum atomic E-state index is -1.65. The summed E-state index contributed by atoms with van der Waals surface area (Å²) in [5.74, 6) is -0.302. The van der Waals surface area contributed by atoms with Crippen molar-refractivity contribution in [2.24, 2.45) is 0 Å². The Kier molecular flexibility index (Phi) is 7.68. The first-order valence-electron chi connectivity index (χ1n) is 4.39. The molecule has 0 rings (SSSR count). The maximum Gasteiger partial charge on any atom is 0.577 e. The Balaban J connectivity index is 3.76. The van der Waals surface area contributed by atoms with Crippen LogP contribution in [0.4, 0.5) is 0 Å². The third-order valence-corrected chi connectivity index (χ3v) is 2.58. The Morgan fingerprint density at radius 1 is 1.36 bits per heavy atom. The summed E-state index contributed by atoms with van der Waals surface area (Å²) < 4.78 is 20.1. The van der Waals surface area contributed by atoms with Crippen LogP contribution in [0.3, 0.4) is 0 Å². The van der Waals surface area contributed by atoms with E-state index in [1.54, 1.807) is 0 Å². The van der Waals surface area contributed by atoms with Crippen LogP contribution in [0, 0.1) is 0 Å². The first-order valence-corrected chi connectivity index (χ1v) is 5.61. The standard InChI is InChI=1S/C8H17O5Si/c1-5-8(13-7(2)9)6-12-14(10-3)11-4/h8H,5-6H2,1-4H3. The van der Waals surface area contributed by atoms with Gasteiger partial charge in [-0.25, -0.2) is 0 Å². The molecule has 5 nitrogen and oxygen atoms in total. The van der Waals surface area contributed by atoms with Gasteiger partial charge in [0.25, 0.3) is 0 Å². The van der Waals surface area contributed by atoms with Gasteiger partial charge in [-0.05, 0) is 6.42 Å². The average Bonchev–Trinajstić information content (AvgIpc) is 2.17. The Bertz CT molecular complexity index is 160. The zero-order valence-electron chi connectivity index (χ0n) is 9.03. The van der Waals surface area contributed by atoms with Gasteiger partial charge in [-0.3, -0.25) is 4.79 Å². The molecule has 0 fully saturated rings. The fraction of sp³-hybridized carbons (Fsp3) is 0.875. The van der Waals surface area contributed by atoms with Crippen LogP contribution in [0.2, 0.25) is 0 Å². The van der Waals surface area contributed by atoms with Gasteiger partial charge in [-0.15, -0.1) is 0 Å². The van der Waals surface area contributed by atoms with E-state index in [-0.39, 0.29) is 12.1 Å². The molecule has 1 unspecified atom stereocenters. The van der Waals surface area contributed by atoms with E-state index in [0.29, 0.717) is 13.0 Å². The maximum absolute atomic E-state index is 10.7. The van der Waals surface area contributed by atoms with Crippen molar-refractivity contribution in [2.45, 2.75) is 26.4 Å². The van der Waals surface area contributed by atoms with E-state index in [0.717, 1.165) is 0 Å². The molecule has 0 N–H and O–H groups in total. The number of carbonyl (C=O) groups excluding carboxylic acids is 1. The van der Waals surface area contributed by atoms with Gasteiger partial charge in [0, 0.05) is 21.1 Å². The Morgan fingerprint density at radius 2 is 1.93 bits per heavy atom. The molecule has 0 aliphatic heterocycles. The summed E-state index contributed by atoms with van der Waals surface area (Å²) in [4.78, 5) is 10.7. The number of ether oxygens (including phenoxy) is 1. The molecule has 0 saturated heterocycles. The summed E-state index contributed by atoms with van der Waals surface area (Å²) in [5, 5.41) is 0. The lowest BCUT2D eigenvalue weighted by atomic mass is 10.3. The van der Waals surface area contributed by atoms with Gasteiger partial charge in [-0.1, -0.05) is 6.92 Å². The van der Waals surface area contributed by atoms with E-state index < -0.39 is 9.53 Å². The monoisotopic (exact) mass is 221 g/mol. The van der Waals surface area contributed by atoms with Crippen molar-refractivity contribution < 1.29 is 22.8 Å². The van der Waals surface area contributed by atoms with Crippen LogP contribution in [0.1, 0.15) is 20.3 Å². The highest BCUT2D eigenvalue weighted by molar-refractivity contribution is 6.36. The van der Waals surface area contributed by atoms with Gasteiger partial charge in [0.15, 0.2) is 0 Å². The fourth-order valence-electron chi connectivity index (χ4n) is 0.832. The van der Waals surface area contributed by atoms with Crippen LogP contribution in [0.25, 0.3) is 0 Å². The van der Waals surface area contributed by atoms with Crippen LogP contribution < -0.4 is 0 Å². The quantitative estimate of drug-likeness (QED) is 0.466. The van der Waals surface area contributed by atoms with Crippen molar-refractivity contribution in [1.82, 2.24) is 0 Å². The normalized spacial score (nSPS) is 12.9. The topological polar surface area (TPSA) is 54.0 Å². The molecule has 1 atom stereocenters. The fourth-order valence-corrected chi connectivity index (χ4v) is 1.56. The van der Waals surface area contributed by atoms with Gasteiger partial charge in [0.2, 0.25) is 0 Å². The lowest BCUT2D eigenvalue weighted by molar-refractivity contribution is -0.148. The molecule has 0 bridgehead atoms. The Labute approximate surface area is 86.3 Å². The lowest BCUT2D eigenvalue weighted by Crippen LogP contribution is -2.30. The Hall–Kier alpha value is -0.433. The number of hydrogen-bond acceptors (Lipinski definition) is 5. The highest BCUT2D eigenvalue weighted by Crippen LogP contribution is 2.01. The molecular formula is C8H17O5Si. The van der Waals surface area contributed by atoms with Crippen LogP contribution in [-0.2, 0) is 22.8 Å². The van der Waals surface area contributed by atoms with Crippen molar-refractivity contribution >= 4 is 15.5 Å². The van der Waals surface area contributed by atoms with E-state index in [9.17, 15) is 4.79 Å². The minimum absolute atomic E-state index is 0.224. The highest BCUT2D eigenvalue weighted by Gasteiger charge is 2.18. The predicted octanol–water partition coefficient (Wildman–Crippen LogP) is 0.622. The van der Waals surface area contributed by atoms with E-state index in [4.69, 9.17) is 18.0 Å². The van der Waals surface area contributed by atoms with Crippen molar-refractivity contribution in [3.63, 3.8) is 0 Å². The van der Waals surface area contributed by atoms with Gasteiger partial charge in [-0.2, -0.15) is 0 Å². The zero-order chi connectivity index (χ0) is 11.0. The second kappa shape index (κ2) is 7.92. The zero-order valence-corrected chi connectivity index (χ0v) is 10.0. The molecule has 6 heteroatoms. The largest absolute Gasteiger partial charge is 0.577 e. The molecule has 0 saturated carbocycles. The number of esters is 1. The second-order valence-electron chi connectivity index (χ2n) is 2.61. The van der Waals surface area contributed by atoms with Crippen molar-refractivity contribution in [1.29, 1.82) is 0 Å². The van der Waals surface area contributed by atoms with Gasteiger partial charge < -0.3 is 18.0 Å². The second-order valence-corrected chi connectivity index (χ2v) is 4.21. The number of carbonyl (C=O) groups is 1. The summed E-state index contributed by atoms with van der Waals surface area (Å²) in [6.45, 7) is 3.61. The van der Waals surface area contributed by atoms with E-state index in [1.165, 1.54) is 21.1 Å². The molecule has 0 amide bonds. The van der Waals surface area contributed by atoms with Crippen molar-refractivity contribution in [3.8, 4) is 0 Å². The lowest BCUT2D eigenvalue weighted by Gasteiger charge is -2.16. The molecule has 1 radical (unpaired) electrons. The van der Waals surface area contributed by atoms with E-state index in [2.05, 4.69) is 0 Å². The molecule has 0 aliphatic rings. The molecule has 0 aliphatic carbocycles. The number of rotatable bonds is 7.